The van der Waals surface area contributed by atoms with E-state index in [0.29, 0.717) is 38.3 Å². The third-order valence-electron chi connectivity index (χ3n) is 4.29. The fraction of sp³-hybridized carbons (Fsp3) is 0.158. The number of hydrogen-bond acceptors (Lipinski definition) is 7. The second kappa shape index (κ2) is 8.81. The van der Waals surface area contributed by atoms with Crippen molar-refractivity contribution in [2.75, 3.05) is 23.0 Å². The maximum Gasteiger partial charge on any atom is 0.239 e. The summed E-state index contributed by atoms with van der Waals surface area (Å²) in [6.07, 6.45) is 0. The van der Waals surface area contributed by atoms with Gasteiger partial charge in [-0.2, -0.15) is 0 Å². The minimum atomic E-state index is -0.0874. The van der Waals surface area contributed by atoms with Crippen molar-refractivity contribution >= 4 is 67.6 Å². The van der Waals surface area contributed by atoms with Gasteiger partial charge in [-0.1, -0.05) is 58.4 Å². The van der Waals surface area contributed by atoms with Crippen LogP contribution in [-0.2, 0) is 4.79 Å². The monoisotopic (exact) mass is 478 g/mol. The smallest absolute Gasteiger partial charge is 0.239 e. The third-order valence-corrected chi connectivity index (χ3v) is 6.83. The summed E-state index contributed by atoms with van der Waals surface area (Å²) >= 11 is 14.9. The molecule has 2 aromatic carbocycles. The molecule has 0 radical (unpaired) electrons. The molecule has 0 bridgehead atoms. The molecule has 0 saturated carbocycles. The summed E-state index contributed by atoms with van der Waals surface area (Å²) in [5.41, 5.74) is 1.49. The first-order valence-corrected chi connectivity index (χ1v) is 11.5. The molecule has 0 spiro atoms. The standard InChI is InChI=1S/C19H16Cl2N6OS2/c1-2-26(18-23-14-5-3-4-6-15(14)30-18)16(28)10-29-19-25-24-17(27(19)22)12-8-7-11(20)9-13(12)21/h3-9H,2,10,22H2,1H3. The summed E-state index contributed by atoms with van der Waals surface area (Å²) in [4.78, 5) is 19.1. The molecule has 1 amide bonds. The Balaban J connectivity index is 1.50. The molecule has 0 fully saturated rings. The number of nitrogen functional groups attached to an aromatic ring is 1. The largest absolute Gasteiger partial charge is 0.335 e. The van der Waals surface area contributed by atoms with Gasteiger partial charge >= 0.3 is 0 Å². The van der Waals surface area contributed by atoms with Crippen molar-refractivity contribution in [3.05, 3.63) is 52.5 Å². The zero-order chi connectivity index (χ0) is 21.3. The van der Waals surface area contributed by atoms with Crippen molar-refractivity contribution < 1.29 is 4.79 Å². The SMILES string of the molecule is CCN(C(=O)CSc1nnc(-c2ccc(Cl)cc2Cl)n1N)c1nc2ccccc2s1. The van der Waals surface area contributed by atoms with E-state index in [9.17, 15) is 4.79 Å². The molecule has 30 heavy (non-hydrogen) atoms. The van der Waals surface area contributed by atoms with Gasteiger partial charge in [-0.05, 0) is 37.3 Å². The number of nitrogens with two attached hydrogens (primary N) is 1. The summed E-state index contributed by atoms with van der Waals surface area (Å²) < 4.78 is 2.36. The number of anilines is 1. The van der Waals surface area contributed by atoms with Crippen LogP contribution in [0.15, 0.2) is 47.6 Å². The molecule has 4 aromatic rings. The lowest BCUT2D eigenvalue weighted by atomic mass is 10.2. The molecule has 7 nitrogen and oxygen atoms in total. The van der Waals surface area contributed by atoms with Crippen LogP contribution in [0.5, 0.6) is 0 Å². The van der Waals surface area contributed by atoms with Crippen LogP contribution in [-0.4, -0.2) is 38.1 Å². The predicted molar refractivity (Wildman–Crippen MR) is 124 cm³/mol. The highest BCUT2D eigenvalue weighted by molar-refractivity contribution is 7.99. The first-order chi connectivity index (χ1) is 14.5. The number of thiazole rings is 1. The Labute approximate surface area is 190 Å². The maximum atomic E-state index is 12.8. The fourth-order valence-corrected chi connectivity index (χ4v) is 5.10. The number of aromatic nitrogens is 4. The normalized spacial score (nSPS) is 11.2. The molecular weight excluding hydrogens is 463 g/mol. The molecule has 0 aliphatic carbocycles. The van der Waals surface area contributed by atoms with E-state index < -0.39 is 0 Å². The van der Waals surface area contributed by atoms with Crippen LogP contribution in [0.1, 0.15) is 6.92 Å². The van der Waals surface area contributed by atoms with Crippen LogP contribution in [0.2, 0.25) is 10.0 Å². The number of halogens is 2. The minimum absolute atomic E-state index is 0.0874. The molecule has 154 valence electrons. The lowest BCUT2D eigenvalue weighted by molar-refractivity contribution is -0.116. The molecule has 2 aromatic heterocycles. The summed E-state index contributed by atoms with van der Waals surface area (Å²) in [5, 5.41) is 10.2. The molecule has 0 saturated heterocycles. The van der Waals surface area contributed by atoms with E-state index in [-0.39, 0.29) is 11.7 Å². The number of hydrogen-bond donors (Lipinski definition) is 1. The van der Waals surface area contributed by atoms with E-state index in [4.69, 9.17) is 29.0 Å². The number of rotatable bonds is 6. The quantitative estimate of drug-likeness (QED) is 0.318. The van der Waals surface area contributed by atoms with Crippen molar-refractivity contribution in [2.24, 2.45) is 0 Å². The van der Waals surface area contributed by atoms with Gasteiger partial charge in [0.05, 0.1) is 21.0 Å². The van der Waals surface area contributed by atoms with Gasteiger partial charge in [-0.25, -0.2) is 9.66 Å². The number of carbonyl (C=O) groups excluding carboxylic acids is 1. The zero-order valence-electron chi connectivity index (χ0n) is 15.7. The van der Waals surface area contributed by atoms with Crippen LogP contribution in [0.4, 0.5) is 5.13 Å². The average Bonchev–Trinajstić information content (AvgIpc) is 3.30. The van der Waals surface area contributed by atoms with Gasteiger partial charge in [-0.15, -0.1) is 10.2 Å². The molecule has 0 atom stereocenters. The van der Waals surface area contributed by atoms with Gasteiger partial charge < -0.3 is 5.84 Å². The van der Waals surface area contributed by atoms with Gasteiger partial charge in [0.2, 0.25) is 11.1 Å². The van der Waals surface area contributed by atoms with Crippen molar-refractivity contribution in [3.63, 3.8) is 0 Å². The maximum absolute atomic E-state index is 12.8. The van der Waals surface area contributed by atoms with E-state index in [2.05, 4.69) is 15.2 Å². The minimum Gasteiger partial charge on any atom is -0.335 e. The molecule has 2 N–H and O–H groups in total. The van der Waals surface area contributed by atoms with Gasteiger partial charge in [-0.3, -0.25) is 9.69 Å². The van der Waals surface area contributed by atoms with E-state index in [1.54, 1.807) is 23.1 Å². The highest BCUT2D eigenvalue weighted by Gasteiger charge is 2.21. The fourth-order valence-electron chi connectivity index (χ4n) is 2.83. The number of nitrogens with zero attached hydrogens (tertiary/aromatic N) is 5. The Kier molecular flexibility index (Phi) is 6.14. The van der Waals surface area contributed by atoms with Gasteiger partial charge in [0.25, 0.3) is 0 Å². The molecule has 0 aliphatic heterocycles. The summed E-state index contributed by atoms with van der Waals surface area (Å²) in [6.45, 7) is 2.43. The Morgan fingerprint density at radius 2 is 2.03 bits per heavy atom. The molecule has 0 aliphatic rings. The average molecular weight is 479 g/mol. The van der Waals surface area contributed by atoms with Crippen LogP contribution < -0.4 is 10.7 Å². The Hall–Kier alpha value is -2.33. The summed E-state index contributed by atoms with van der Waals surface area (Å²) in [6, 6.07) is 12.8. The van der Waals surface area contributed by atoms with Gasteiger partial charge in [0.1, 0.15) is 0 Å². The lowest BCUT2D eigenvalue weighted by Crippen LogP contribution is -2.32. The Morgan fingerprint density at radius 3 is 2.77 bits per heavy atom. The van der Waals surface area contributed by atoms with Gasteiger partial charge in [0.15, 0.2) is 11.0 Å². The third kappa shape index (κ3) is 4.11. The molecular formula is C19H16Cl2N6OS2. The van der Waals surface area contributed by atoms with E-state index >= 15 is 0 Å². The number of amides is 1. The zero-order valence-corrected chi connectivity index (χ0v) is 18.9. The van der Waals surface area contributed by atoms with E-state index in [1.165, 1.54) is 27.8 Å². The number of benzene rings is 2. The van der Waals surface area contributed by atoms with Crippen LogP contribution in [0.3, 0.4) is 0 Å². The Bertz CT molecular complexity index is 1190. The lowest BCUT2D eigenvalue weighted by Gasteiger charge is -2.17. The van der Waals surface area contributed by atoms with Gasteiger partial charge in [0, 0.05) is 17.1 Å². The summed E-state index contributed by atoms with van der Waals surface area (Å²) in [5.74, 6) is 6.60. The second-order valence-electron chi connectivity index (χ2n) is 6.19. The Morgan fingerprint density at radius 1 is 1.23 bits per heavy atom. The van der Waals surface area contributed by atoms with Crippen LogP contribution in [0, 0.1) is 0 Å². The highest BCUT2D eigenvalue weighted by Crippen LogP contribution is 2.31. The number of thioether (sulfide) groups is 1. The molecule has 4 rings (SSSR count). The van der Waals surface area contributed by atoms with E-state index in [0.717, 1.165) is 10.2 Å². The molecule has 2 heterocycles. The first-order valence-electron chi connectivity index (χ1n) is 8.92. The topological polar surface area (TPSA) is 89.9 Å². The van der Waals surface area contributed by atoms with Crippen molar-refractivity contribution in [1.29, 1.82) is 0 Å². The molecule has 11 heteroatoms. The summed E-state index contributed by atoms with van der Waals surface area (Å²) in [7, 11) is 0. The van der Waals surface area contributed by atoms with Crippen molar-refractivity contribution in [3.8, 4) is 11.4 Å². The number of fused-ring (bicyclic) bond motifs is 1. The van der Waals surface area contributed by atoms with Crippen LogP contribution in [0.25, 0.3) is 21.6 Å². The predicted octanol–water partition coefficient (Wildman–Crippen LogP) is 4.72. The van der Waals surface area contributed by atoms with Crippen molar-refractivity contribution in [2.45, 2.75) is 12.1 Å². The second-order valence-corrected chi connectivity index (χ2v) is 8.99. The number of para-hydroxylation sites is 1. The van der Waals surface area contributed by atoms with Crippen molar-refractivity contribution in [1.82, 2.24) is 19.9 Å². The first kappa shape index (κ1) is 20.9. The number of carbonyl (C=O) groups is 1. The van der Waals surface area contributed by atoms with E-state index in [1.807, 2.05) is 31.2 Å². The molecule has 0 unspecified atom stereocenters. The van der Waals surface area contributed by atoms with Crippen LogP contribution >= 0.6 is 46.3 Å². The highest BCUT2D eigenvalue weighted by atomic mass is 35.5.